The number of rotatable bonds is 7. The van der Waals surface area contributed by atoms with E-state index >= 15 is 4.39 Å². The van der Waals surface area contributed by atoms with Crippen molar-refractivity contribution >= 4 is 34.8 Å². The number of fused-ring (bicyclic) bond motifs is 5. The molecule has 3 aromatic rings. The molecule has 1 aliphatic carbocycles. The minimum absolute atomic E-state index is 0.0172. The fourth-order valence-electron chi connectivity index (χ4n) is 7.33. The molecule has 6 rings (SSSR count). The summed E-state index contributed by atoms with van der Waals surface area (Å²) >= 11 is 0. The maximum absolute atomic E-state index is 15.3. The van der Waals surface area contributed by atoms with E-state index in [9.17, 15) is 29.1 Å². The largest absolute Gasteiger partial charge is 0.458 e. The second-order valence-electron chi connectivity index (χ2n) is 15.0. The fraction of sp³-hybridized carbons (Fsp3) is 0.514. The van der Waals surface area contributed by atoms with E-state index in [0.29, 0.717) is 51.8 Å². The van der Waals surface area contributed by atoms with E-state index in [1.54, 1.807) is 61.5 Å². The molecule has 14 heteroatoms. The second-order valence-corrected chi connectivity index (χ2v) is 15.0. The zero-order valence-corrected chi connectivity index (χ0v) is 30.1. The number of amides is 3. The van der Waals surface area contributed by atoms with Gasteiger partial charge in [-0.15, -0.1) is 0 Å². The van der Waals surface area contributed by atoms with Gasteiger partial charge >= 0.3 is 12.1 Å². The molecule has 4 N–H and O–H groups in total. The Kier molecular flexibility index (Phi) is 8.97. The number of hydrogen-bond donors (Lipinski definition) is 4. The summed E-state index contributed by atoms with van der Waals surface area (Å²) in [6.07, 6.45) is 0.0787. The van der Waals surface area contributed by atoms with E-state index in [4.69, 9.17) is 14.5 Å². The smallest absolute Gasteiger partial charge is 0.408 e. The predicted octanol–water partition coefficient (Wildman–Crippen LogP) is 3.68. The Balaban J connectivity index is 1.36. The first kappa shape index (κ1) is 36.0. The van der Waals surface area contributed by atoms with Gasteiger partial charge in [0.25, 0.3) is 5.56 Å². The van der Waals surface area contributed by atoms with Crippen molar-refractivity contribution in [1.82, 2.24) is 25.5 Å². The van der Waals surface area contributed by atoms with E-state index in [0.717, 1.165) is 5.56 Å². The van der Waals surface area contributed by atoms with Crippen LogP contribution in [0, 0.1) is 18.7 Å². The molecule has 0 spiro atoms. The molecule has 51 heavy (non-hydrogen) atoms. The summed E-state index contributed by atoms with van der Waals surface area (Å²) in [5, 5.41) is 20.4. The second kappa shape index (κ2) is 12.7. The summed E-state index contributed by atoms with van der Waals surface area (Å²) in [4.78, 5) is 70.9. The summed E-state index contributed by atoms with van der Waals surface area (Å²) in [5.74, 6) is -2.63. The Hall–Kier alpha value is -4.85. The van der Waals surface area contributed by atoms with Crippen LogP contribution in [-0.4, -0.2) is 56.2 Å². The normalized spacial score (nSPS) is 20.1. The molecular formula is C37H44FN5O8. The maximum atomic E-state index is 15.3. The number of nitrogens with one attached hydrogen (secondary N) is 3. The highest BCUT2D eigenvalue weighted by Gasteiger charge is 2.46. The van der Waals surface area contributed by atoms with Crippen molar-refractivity contribution in [3.05, 3.63) is 61.7 Å². The van der Waals surface area contributed by atoms with Crippen molar-refractivity contribution in [2.75, 3.05) is 0 Å². The molecule has 2 aliphatic heterocycles. The Morgan fingerprint density at radius 2 is 1.82 bits per heavy atom. The SMILES string of the molecule is CC[C@@]1(O)C(=O)OCc2c1cc1n(c2=O)Cc2c-1nc1cc(F)c(C)c3c1c2[C@@H](NC(=O)[C@H](C)NC(=O)C(NC(=O)OC(C)(C)C)C(C)C)CC3. The maximum Gasteiger partial charge on any atom is 0.408 e. The highest BCUT2D eigenvalue weighted by atomic mass is 19.1. The first-order chi connectivity index (χ1) is 23.9. The van der Waals surface area contributed by atoms with Gasteiger partial charge in [-0.1, -0.05) is 20.8 Å². The molecule has 4 heterocycles. The van der Waals surface area contributed by atoms with Crippen LogP contribution in [0.3, 0.4) is 0 Å². The van der Waals surface area contributed by atoms with Crippen LogP contribution in [0.4, 0.5) is 9.18 Å². The molecule has 0 saturated heterocycles. The average Bonchev–Trinajstić information content (AvgIpc) is 3.42. The molecule has 0 radical (unpaired) electrons. The molecule has 3 amide bonds. The van der Waals surface area contributed by atoms with E-state index in [2.05, 4.69) is 16.0 Å². The van der Waals surface area contributed by atoms with Crippen LogP contribution in [0.2, 0.25) is 0 Å². The number of cyclic esters (lactones) is 1. The molecule has 272 valence electrons. The number of aliphatic hydroxyl groups is 1. The molecule has 13 nitrogen and oxygen atoms in total. The third-order valence-corrected chi connectivity index (χ3v) is 10.1. The number of nitrogens with zero attached hydrogens (tertiary/aromatic N) is 2. The van der Waals surface area contributed by atoms with Gasteiger partial charge in [0.05, 0.1) is 35.1 Å². The number of pyridine rings is 2. The van der Waals surface area contributed by atoms with Crippen LogP contribution in [0.5, 0.6) is 0 Å². The summed E-state index contributed by atoms with van der Waals surface area (Å²) in [6, 6.07) is 0.371. The zero-order chi connectivity index (χ0) is 37.3. The summed E-state index contributed by atoms with van der Waals surface area (Å²) < 4.78 is 27.3. The van der Waals surface area contributed by atoms with E-state index in [1.165, 1.54) is 10.6 Å². The van der Waals surface area contributed by atoms with Crippen LogP contribution in [-0.2, 0) is 49.0 Å². The van der Waals surface area contributed by atoms with Gasteiger partial charge in [-0.25, -0.2) is 19.0 Å². The summed E-state index contributed by atoms with van der Waals surface area (Å²) in [6.45, 7) is 13.3. The topological polar surface area (TPSA) is 178 Å². The lowest BCUT2D eigenvalue weighted by molar-refractivity contribution is -0.172. The van der Waals surface area contributed by atoms with Crippen LogP contribution in [0.1, 0.15) is 101 Å². The number of alkyl carbamates (subject to hydrolysis) is 1. The Morgan fingerprint density at radius 1 is 1.12 bits per heavy atom. The van der Waals surface area contributed by atoms with Crippen molar-refractivity contribution in [3.8, 4) is 11.4 Å². The molecule has 2 aromatic heterocycles. The summed E-state index contributed by atoms with van der Waals surface area (Å²) in [7, 11) is 0. The minimum atomic E-state index is -2.01. The highest BCUT2D eigenvalue weighted by Crippen LogP contribution is 2.46. The molecule has 0 bridgehead atoms. The zero-order valence-electron chi connectivity index (χ0n) is 30.1. The number of aryl methyl sites for hydroxylation is 1. The van der Waals surface area contributed by atoms with E-state index in [-0.39, 0.29) is 36.6 Å². The first-order valence-corrected chi connectivity index (χ1v) is 17.3. The van der Waals surface area contributed by atoms with Crippen molar-refractivity contribution in [2.45, 2.75) is 117 Å². The van der Waals surface area contributed by atoms with Gasteiger partial charge < -0.3 is 35.1 Å². The van der Waals surface area contributed by atoms with Gasteiger partial charge in [0.15, 0.2) is 5.60 Å². The molecule has 0 fully saturated rings. The van der Waals surface area contributed by atoms with Gasteiger partial charge in [0.2, 0.25) is 11.8 Å². The Bertz CT molecular complexity index is 2070. The number of esters is 1. The molecule has 4 atom stereocenters. The van der Waals surface area contributed by atoms with Crippen molar-refractivity contribution < 1.29 is 38.1 Å². The number of carbonyl (C=O) groups is 4. The van der Waals surface area contributed by atoms with Crippen LogP contribution >= 0.6 is 0 Å². The minimum Gasteiger partial charge on any atom is -0.458 e. The van der Waals surface area contributed by atoms with E-state index < -0.39 is 64.6 Å². The summed E-state index contributed by atoms with van der Waals surface area (Å²) in [5.41, 5.74) is 0.796. The number of benzene rings is 1. The fourth-order valence-corrected chi connectivity index (χ4v) is 7.33. The first-order valence-electron chi connectivity index (χ1n) is 17.3. The van der Waals surface area contributed by atoms with Crippen LogP contribution in [0.25, 0.3) is 22.3 Å². The molecule has 1 aromatic carbocycles. The van der Waals surface area contributed by atoms with Crippen LogP contribution < -0.4 is 21.5 Å². The van der Waals surface area contributed by atoms with Crippen LogP contribution in [0.15, 0.2) is 16.9 Å². The Morgan fingerprint density at radius 3 is 2.47 bits per heavy atom. The number of hydrogen-bond acceptors (Lipinski definition) is 9. The van der Waals surface area contributed by atoms with Crippen molar-refractivity contribution in [2.24, 2.45) is 5.92 Å². The lowest BCUT2D eigenvalue weighted by Gasteiger charge is -2.31. The molecule has 1 unspecified atom stereocenters. The third kappa shape index (κ3) is 6.13. The molecular weight excluding hydrogens is 661 g/mol. The number of aromatic nitrogens is 2. The van der Waals surface area contributed by atoms with Crippen molar-refractivity contribution in [3.63, 3.8) is 0 Å². The van der Waals surface area contributed by atoms with Gasteiger partial charge in [0, 0.05) is 22.6 Å². The predicted molar refractivity (Wildman–Crippen MR) is 184 cm³/mol. The number of carbonyl (C=O) groups excluding carboxylic acids is 4. The number of halogens is 1. The average molecular weight is 706 g/mol. The van der Waals surface area contributed by atoms with Gasteiger partial charge in [0.1, 0.15) is 30.1 Å². The lowest BCUT2D eigenvalue weighted by Crippen LogP contribution is -2.55. The lowest BCUT2D eigenvalue weighted by atomic mass is 9.81. The Labute approximate surface area is 294 Å². The van der Waals surface area contributed by atoms with E-state index in [1.807, 2.05) is 0 Å². The van der Waals surface area contributed by atoms with Gasteiger partial charge in [-0.05, 0) is 82.6 Å². The van der Waals surface area contributed by atoms with Crippen molar-refractivity contribution in [1.29, 1.82) is 0 Å². The highest BCUT2D eigenvalue weighted by molar-refractivity contribution is 5.95. The molecule has 3 aliphatic rings. The standard InChI is InChI=1S/C37H44FN5O8/c1-9-37(49)22-12-26-30-20(14-43(26)33(46)21(22)15-50-34(37)47)28-24(11-10-19-17(4)23(38)13-25(40-30)27(19)28)41-31(44)18(5)39-32(45)29(16(2)3)42-35(48)51-36(6,7)8/h12-13,16,18,24,29,49H,9-11,14-15H2,1-8H3,(H,39,45)(H,41,44)(H,42,48)/t18-,24-,29?,37-/m0/s1. The van der Waals surface area contributed by atoms with Gasteiger partial charge in [-0.3, -0.25) is 14.4 Å². The third-order valence-electron chi connectivity index (χ3n) is 10.1. The van der Waals surface area contributed by atoms with Gasteiger partial charge in [-0.2, -0.15) is 0 Å². The quantitative estimate of drug-likeness (QED) is 0.209. The number of ether oxygens (including phenoxy) is 2. The monoisotopic (exact) mass is 705 g/mol. The molecule has 0 saturated carbocycles.